The van der Waals surface area contributed by atoms with Crippen LogP contribution in [0.1, 0.15) is 41.6 Å². The van der Waals surface area contributed by atoms with Crippen LogP contribution in [-0.2, 0) is 11.2 Å². The largest absolute Gasteiger partial charge is 0.490 e. The van der Waals surface area contributed by atoms with Crippen LogP contribution in [0.15, 0.2) is 33.3 Å². The number of nitrogens with zero attached hydrogens (tertiary/aromatic N) is 4. The zero-order valence-electron chi connectivity index (χ0n) is 20.1. The van der Waals surface area contributed by atoms with E-state index in [0.29, 0.717) is 49.4 Å². The van der Waals surface area contributed by atoms with Crippen LogP contribution < -0.4 is 4.74 Å². The van der Waals surface area contributed by atoms with Crippen molar-refractivity contribution in [3.05, 3.63) is 45.8 Å². The predicted molar refractivity (Wildman–Crippen MR) is 132 cm³/mol. The average Bonchev–Trinajstić information content (AvgIpc) is 3.20. The van der Waals surface area contributed by atoms with Crippen LogP contribution in [0.5, 0.6) is 5.75 Å². The lowest BCUT2D eigenvalue weighted by atomic mass is 9.90. The van der Waals surface area contributed by atoms with E-state index < -0.39 is 0 Å². The average molecular weight is 533 g/mol. The van der Waals surface area contributed by atoms with E-state index in [9.17, 15) is 9.59 Å². The molecular weight excluding hydrogens is 500 g/mol. The number of amides is 2. The molecule has 2 saturated heterocycles. The second-order valence-electron chi connectivity index (χ2n) is 9.22. The molecule has 0 radical (unpaired) electrons. The van der Waals surface area contributed by atoms with Crippen LogP contribution in [0.4, 0.5) is 0 Å². The van der Waals surface area contributed by atoms with Gasteiger partial charge in [-0.2, -0.15) is 0 Å². The van der Waals surface area contributed by atoms with Gasteiger partial charge < -0.3 is 24.0 Å². The molecule has 2 atom stereocenters. The molecule has 34 heavy (non-hydrogen) atoms. The normalized spacial score (nSPS) is 21.5. The standard InChI is InChI=1S/C25H33BrN4O4/c1-4-21-24(17(2)34-27-21)25(32)30-9-8-22(33-20-7-5-6-19(26)15-20)18(16-30)14-23(31)29-12-10-28(3)11-13-29/h5-7,15,18,22H,4,8-14,16H2,1-3H3/t18-,22-/m0/s1. The lowest BCUT2D eigenvalue weighted by Crippen LogP contribution is -2.51. The highest BCUT2D eigenvalue weighted by Crippen LogP contribution is 2.29. The van der Waals surface area contributed by atoms with E-state index in [1.807, 2.05) is 41.0 Å². The van der Waals surface area contributed by atoms with Gasteiger partial charge in [0.15, 0.2) is 0 Å². The summed E-state index contributed by atoms with van der Waals surface area (Å²) >= 11 is 3.50. The van der Waals surface area contributed by atoms with Gasteiger partial charge >= 0.3 is 0 Å². The molecule has 3 heterocycles. The number of benzene rings is 1. The third-order valence-corrected chi connectivity index (χ3v) is 7.30. The van der Waals surface area contributed by atoms with Gasteiger partial charge in [-0.05, 0) is 38.6 Å². The number of ether oxygens (including phenoxy) is 1. The first-order chi connectivity index (χ1) is 16.4. The summed E-state index contributed by atoms with van der Waals surface area (Å²) in [7, 11) is 2.07. The van der Waals surface area contributed by atoms with Crippen molar-refractivity contribution in [2.75, 3.05) is 46.3 Å². The lowest BCUT2D eigenvalue weighted by molar-refractivity contribution is -0.135. The number of hydrogen-bond donors (Lipinski definition) is 0. The Labute approximate surface area is 209 Å². The molecule has 2 aliphatic heterocycles. The maximum Gasteiger partial charge on any atom is 0.259 e. The van der Waals surface area contributed by atoms with Gasteiger partial charge in [0, 0.05) is 62.5 Å². The molecule has 8 nitrogen and oxygen atoms in total. The molecule has 0 N–H and O–H groups in total. The number of rotatable bonds is 6. The van der Waals surface area contributed by atoms with Gasteiger partial charge in [0.1, 0.15) is 23.2 Å². The molecule has 1 aromatic carbocycles. The fraction of sp³-hybridized carbons (Fsp3) is 0.560. The Hall–Kier alpha value is -2.39. The van der Waals surface area contributed by atoms with Crippen molar-refractivity contribution in [1.82, 2.24) is 19.9 Å². The Bertz CT molecular complexity index is 1020. The maximum atomic E-state index is 13.4. The van der Waals surface area contributed by atoms with E-state index in [2.05, 4.69) is 33.0 Å². The minimum absolute atomic E-state index is 0.0754. The van der Waals surface area contributed by atoms with Gasteiger partial charge in [0.2, 0.25) is 5.91 Å². The van der Waals surface area contributed by atoms with Crippen molar-refractivity contribution in [1.29, 1.82) is 0 Å². The van der Waals surface area contributed by atoms with Crippen LogP contribution in [0.3, 0.4) is 0 Å². The van der Waals surface area contributed by atoms with Crippen molar-refractivity contribution in [2.45, 2.75) is 39.2 Å². The highest BCUT2D eigenvalue weighted by molar-refractivity contribution is 9.10. The molecule has 2 aromatic rings. The number of aryl methyl sites for hydroxylation is 2. The minimum Gasteiger partial charge on any atom is -0.490 e. The van der Waals surface area contributed by atoms with E-state index in [-0.39, 0.29) is 23.8 Å². The van der Waals surface area contributed by atoms with Crippen molar-refractivity contribution >= 4 is 27.7 Å². The van der Waals surface area contributed by atoms with E-state index >= 15 is 0 Å². The number of carbonyl (C=O) groups is 2. The van der Waals surface area contributed by atoms with Gasteiger partial charge in [0.25, 0.3) is 5.91 Å². The SMILES string of the molecule is CCc1noc(C)c1C(=O)N1CC[C@H](Oc2cccc(Br)c2)[C@@H](CC(=O)N2CCN(C)CC2)C1. The van der Waals surface area contributed by atoms with Crippen molar-refractivity contribution in [3.8, 4) is 5.75 Å². The highest BCUT2D eigenvalue weighted by Gasteiger charge is 2.37. The Kier molecular flexibility index (Phi) is 7.93. The fourth-order valence-electron chi connectivity index (χ4n) is 4.76. The summed E-state index contributed by atoms with van der Waals surface area (Å²) in [6, 6.07) is 7.75. The summed E-state index contributed by atoms with van der Waals surface area (Å²) in [4.78, 5) is 32.6. The van der Waals surface area contributed by atoms with Crippen molar-refractivity contribution in [3.63, 3.8) is 0 Å². The Balaban J connectivity index is 1.51. The molecule has 0 saturated carbocycles. The van der Waals surface area contributed by atoms with Gasteiger partial charge in [0.05, 0.1) is 5.69 Å². The zero-order valence-corrected chi connectivity index (χ0v) is 21.7. The van der Waals surface area contributed by atoms with Crippen LogP contribution in [-0.4, -0.2) is 84.1 Å². The number of aromatic nitrogens is 1. The van der Waals surface area contributed by atoms with E-state index in [0.717, 1.165) is 36.4 Å². The summed E-state index contributed by atoms with van der Waals surface area (Å²) in [5.74, 6) is 1.26. The fourth-order valence-corrected chi connectivity index (χ4v) is 5.14. The first kappa shape index (κ1) is 24.7. The van der Waals surface area contributed by atoms with Crippen LogP contribution in [0.25, 0.3) is 0 Å². The molecule has 2 fully saturated rings. The molecule has 9 heteroatoms. The first-order valence-corrected chi connectivity index (χ1v) is 12.8. The predicted octanol–water partition coefficient (Wildman–Crippen LogP) is 3.38. The topological polar surface area (TPSA) is 79.1 Å². The third kappa shape index (κ3) is 5.63. The highest BCUT2D eigenvalue weighted by atomic mass is 79.9. The second kappa shape index (κ2) is 10.9. The molecule has 0 bridgehead atoms. The smallest absolute Gasteiger partial charge is 0.259 e. The van der Waals surface area contributed by atoms with Crippen molar-refractivity contribution in [2.24, 2.45) is 5.92 Å². The molecule has 0 unspecified atom stereocenters. The summed E-state index contributed by atoms with van der Waals surface area (Å²) in [6.45, 7) is 8.00. The molecule has 0 aliphatic carbocycles. The van der Waals surface area contributed by atoms with Gasteiger partial charge in [-0.15, -0.1) is 0 Å². The number of piperidine rings is 1. The minimum atomic E-state index is -0.149. The van der Waals surface area contributed by atoms with E-state index in [4.69, 9.17) is 9.26 Å². The molecule has 184 valence electrons. The number of carbonyl (C=O) groups excluding carboxylic acids is 2. The Morgan fingerprint density at radius 3 is 2.65 bits per heavy atom. The number of hydrogen-bond acceptors (Lipinski definition) is 6. The molecule has 4 rings (SSSR count). The van der Waals surface area contributed by atoms with Crippen LogP contribution >= 0.6 is 15.9 Å². The van der Waals surface area contributed by atoms with E-state index in [1.54, 1.807) is 6.92 Å². The van der Waals surface area contributed by atoms with Crippen LogP contribution in [0.2, 0.25) is 0 Å². The van der Waals surface area contributed by atoms with Crippen molar-refractivity contribution < 1.29 is 18.8 Å². The molecule has 2 amide bonds. The lowest BCUT2D eigenvalue weighted by Gasteiger charge is -2.40. The van der Waals surface area contributed by atoms with Gasteiger partial charge in [-0.25, -0.2) is 0 Å². The number of halogens is 1. The third-order valence-electron chi connectivity index (χ3n) is 6.81. The number of likely N-dealkylation sites (N-methyl/N-ethyl adjacent to an activating group) is 1. The van der Waals surface area contributed by atoms with Gasteiger partial charge in [-0.1, -0.05) is 34.1 Å². The second-order valence-corrected chi connectivity index (χ2v) is 10.1. The Morgan fingerprint density at radius 2 is 1.94 bits per heavy atom. The van der Waals surface area contributed by atoms with E-state index in [1.165, 1.54) is 0 Å². The molecular formula is C25H33BrN4O4. The van der Waals surface area contributed by atoms with Gasteiger partial charge in [-0.3, -0.25) is 9.59 Å². The maximum absolute atomic E-state index is 13.4. The molecule has 0 spiro atoms. The summed E-state index contributed by atoms with van der Waals surface area (Å²) in [5, 5.41) is 4.05. The molecule has 2 aliphatic rings. The summed E-state index contributed by atoms with van der Waals surface area (Å²) in [6.07, 6.45) is 1.50. The Morgan fingerprint density at radius 1 is 1.18 bits per heavy atom. The number of likely N-dealkylation sites (tertiary alicyclic amines) is 1. The summed E-state index contributed by atoms with van der Waals surface area (Å²) < 4.78 is 12.6. The summed E-state index contributed by atoms with van der Waals surface area (Å²) in [5.41, 5.74) is 1.23. The number of piperazine rings is 1. The monoisotopic (exact) mass is 532 g/mol. The zero-order chi connectivity index (χ0) is 24.2. The van der Waals surface area contributed by atoms with Crippen LogP contribution in [0, 0.1) is 12.8 Å². The quantitative estimate of drug-likeness (QED) is 0.567. The molecule has 1 aromatic heterocycles. The first-order valence-electron chi connectivity index (χ1n) is 12.0.